The summed E-state index contributed by atoms with van der Waals surface area (Å²) < 4.78 is 2.23. The van der Waals surface area contributed by atoms with Crippen molar-refractivity contribution in [2.24, 2.45) is 11.3 Å². The van der Waals surface area contributed by atoms with Gasteiger partial charge < -0.3 is 24.8 Å². The summed E-state index contributed by atoms with van der Waals surface area (Å²) in [4.78, 5) is 0. The van der Waals surface area contributed by atoms with Crippen molar-refractivity contribution in [1.82, 2.24) is 0 Å². The molecule has 4 aromatic rings. The van der Waals surface area contributed by atoms with Crippen LogP contribution in [-0.2, 0) is 41.5 Å². The first kappa shape index (κ1) is 41.2. The van der Waals surface area contributed by atoms with Gasteiger partial charge in [0.05, 0.1) is 0 Å². The average Bonchev–Trinajstić information content (AvgIpc) is 3.74. The van der Waals surface area contributed by atoms with Crippen LogP contribution in [0.3, 0.4) is 0 Å². The third-order valence-corrected chi connectivity index (χ3v) is 11.5. The molecule has 0 N–H and O–H groups in total. The fourth-order valence-corrected chi connectivity index (χ4v) is 9.01. The van der Waals surface area contributed by atoms with Crippen molar-refractivity contribution in [3.8, 4) is 11.1 Å². The van der Waals surface area contributed by atoms with Crippen LogP contribution in [0.15, 0.2) is 90.0 Å². The predicted molar refractivity (Wildman–Crippen MR) is 210 cm³/mol. The predicted octanol–water partition coefficient (Wildman–Crippen LogP) is 6.74. The standard InChI is InChI=1S/C25H25.C12H19.C11H8.2ClH.Zr/c1-14-12-24(3,4)22-8-16-7-17-9-23-19(15(2)13-25(23,5)6)11-21(17)20(16)10-18(14)22;1-6-10-7-9(2)8-11(10)12(3,4)5;1-9-5-4-7-10-6-2-3-8-11(9)10;;;/h8-12H,7H2,1-6H3;8-9H,6H2,1-5H3;1-8H;2*1H;/q2*-1;;;;+2/p-2. The molecule has 0 spiro atoms. The summed E-state index contributed by atoms with van der Waals surface area (Å²) in [6, 6.07) is 24.7. The number of allylic oxidation sites excluding steroid dienone is 8. The fourth-order valence-electron chi connectivity index (χ4n) is 8.39. The van der Waals surface area contributed by atoms with Crippen molar-refractivity contribution >= 4 is 25.6 Å². The zero-order valence-electron chi connectivity index (χ0n) is 32.3. The van der Waals surface area contributed by atoms with Crippen molar-refractivity contribution in [1.29, 1.82) is 0 Å². The van der Waals surface area contributed by atoms with Gasteiger partial charge in [-0.2, -0.15) is 17.2 Å². The molecule has 0 fully saturated rings. The normalized spacial score (nSPS) is 18.1. The zero-order valence-corrected chi connectivity index (χ0v) is 36.3. The van der Waals surface area contributed by atoms with Crippen LogP contribution in [0.4, 0.5) is 0 Å². The molecule has 8 rings (SSSR count). The van der Waals surface area contributed by atoms with Gasteiger partial charge in [-0.25, -0.2) is 11.1 Å². The molecule has 4 aromatic carbocycles. The number of benzene rings is 4. The van der Waals surface area contributed by atoms with E-state index in [9.17, 15) is 0 Å². The molecule has 0 bridgehead atoms. The SMILES string of the molecule is CC1=[C-]C(C)(C)c2cc3c(cc21)-c1cc2c(cc1C3)C(C)(C)C=C2C.CCC1=[C-]C(C)C=C1C(C)(C)C.[Cl-].[Cl-].[Zr+2]=[CH]c1cccc2ccccc12. The van der Waals surface area contributed by atoms with Gasteiger partial charge in [-0.15, -0.1) is 11.6 Å². The summed E-state index contributed by atoms with van der Waals surface area (Å²) in [5.41, 5.74) is 19.1. The van der Waals surface area contributed by atoms with Crippen LogP contribution in [0.25, 0.3) is 33.0 Å². The molecule has 0 nitrogen and oxygen atoms in total. The van der Waals surface area contributed by atoms with Crippen LogP contribution in [-0.4, -0.2) is 3.71 Å². The van der Waals surface area contributed by atoms with Crippen molar-refractivity contribution in [2.45, 2.75) is 99.8 Å². The Morgan fingerprint density at radius 2 is 1.43 bits per heavy atom. The number of halogens is 2. The van der Waals surface area contributed by atoms with Crippen LogP contribution in [0.2, 0.25) is 0 Å². The molecule has 0 saturated heterocycles. The van der Waals surface area contributed by atoms with E-state index in [1.165, 1.54) is 107 Å². The Morgan fingerprint density at radius 1 is 0.824 bits per heavy atom. The van der Waals surface area contributed by atoms with Gasteiger partial charge in [-0.05, 0) is 58.4 Å². The Labute approximate surface area is 335 Å². The van der Waals surface area contributed by atoms with E-state index in [1.807, 2.05) is 0 Å². The van der Waals surface area contributed by atoms with E-state index < -0.39 is 0 Å². The minimum atomic E-state index is 0. The number of hydrogen-bond donors (Lipinski definition) is 0. The topological polar surface area (TPSA) is 0 Å². The summed E-state index contributed by atoms with van der Waals surface area (Å²) in [6.07, 6.45) is 14.1. The van der Waals surface area contributed by atoms with Gasteiger partial charge in [-0.1, -0.05) is 111 Å². The molecule has 1 unspecified atom stereocenters. The van der Waals surface area contributed by atoms with E-state index in [2.05, 4.69) is 171 Å². The molecule has 0 amide bonds. The summed E-state index contributed by atoms with van der Waals surface area (Å²) in [5.74, 6) is 0.522. The number of fused-ring (bicyclic) bond motifs is 6. The van der Waals surface area contributed by atoms with E-state index in [1.54, 1.807) is 0 Å². The first-order valence-corrected chi connectivity index (χ1v) is 19.5. The van der Waals surface area contributed by atoms with Crippen molar-refractivity contribution in [3.63, 3.8) is 0 Å². The third kappa shape index (κ3) is 8.03. The van der Waals surface area contributed by atoms with Crippen molar-refractivity contribution in [2.75, 3.05) is 0 Å². The van der Waals surface area contributed by atoms with Crippen molar-refractivity contribution in [3.05, 3.63) is 141 Å². The second-order valence-corrected chi connectivity index (χ2v) is 17.2. The minimum absolute atomic E-state index is 0. The molecule has 0 heterocycles. The third-order valence-electron chi connectivity index (χ3n) is 10.7. The maximum atomic E-state index is 3.65. The Balaban J connectivity index is 0.000000190. The first-order valence-electron chi connectivity index (χ1n) is 18.0. The van der Waals surface area contributed by atoms with Gasteiger partial charge in [0.1, 0.15) is 0 Å². The van der Waals surface area contributed by atoms with Crippen LogP contribution in [0.5, 0.6) is 0 Å². The van der Waals surface area contributed by atoms with Crippen LogP contribution in [0.1, 0.15) is 122 Å². The molecule has 3 heteroatoms. The molecule has 51 heavy (non-hydrogen) atoms. The first-order chi connectivity index (χ1) is 23.0. The van der Waals surface area contributed by atoms with E-state index in [0.29, 0.717) is 11.3 Å². The average molecular weight is 791 g/mol. The van der Waals surface area contributed by atoms with E-state index in [4.69, 9.17) is 0 Å². The van der Waals surface area contributed by atoms with Crippen LogP contribution in [0, 0.1) is 23.5 Å². The van der Waals surface area contributed by atoms with Crippen LogP contribution < -0.4 is 24.8 Å². The molecule has 4 aliphatic rings. The molecule has 0 saturated carbocycles. The van der Waals surface area contributed by atoms with Gasteiger partial charge >= 0.3 is 86.7 Å². The van der Waals surface area contributed by atoms with E-state index >= 15 is 0 Å². The molecule has 0 aliphatic heterocycles. The zero-order chi connectivity index (χ0) is 35.5. The van der Waals surface area contributed by atoms with E-state index in [0.717, 1.165) is 12.8 Å². The second kappa shape index (κ2) is 15.4. The quantitative estimate of drug-likeness (QED) is 0.174. The molecule has 264 valence electrons. The molecule has 1 atom stereocenters. The fraction of sp³-hybridized carbons (Fsp3) is 0.354. The Kier molecular flexibility index (Phi) is 12.5. The summed E-state index contributed by atoms with van der Waals surface area (Å²) in [7, 11) is 0. The maximum absolute atomic E-state index is 3.65. The van der Waals surface area contributed by atoms with Gasteiger partial charge in [0, 0.05) is 5.41 Å². The monoisotopic (exact) mass is 788 g/mol. The van der Waals surface area contributed by atoms with Gasteiger partial charge in [-0.3, -0.25) is 12.2 Å². The molecule has 4 aliphatic carbocycles. The molecular formula is C48H52Cl2Zr-2. The van der Waals surface area contributed by atoms with Gasteiger partial charge in [0.15, 0.2) is 0 Å². The van der Waals surface area contributed by atoms with E-state index in [-0.39, 0.29) is 35.6 Å². The van der Waals surface area contributed by atoms with Gasteiger partial charge in [0.2, 0.25) is 0 Å². The Hall–Kier alpha value is -2.57. The summed E-state index contributed by atoms with van der Waals surface area (Å²) in [6.45, 7) is 24.9. The molecular weight excluding hydrogens is 739 g/mol. The Bertz CT molecular complexity index is 2020. The molecule has 0 aromatic heterocycles. The molecule has 0 radical (unpaired) electrons. The Morgan fingerprint density at radius 3 is 2.04 bits per heavy atom. The van der Waals surface area contributed by atoms with Crippen LogP contribution >= 0.6 is 0 Å². The number of rotatable bonds is 2. The number of hydrogen-bond acceptors (Lipinski definition) is 0. The second-order valence-electron chi connectivity index (χ2n) is 16.5. The summed E-state index contributed by atoms with van der Waals surface area (Å²) in [5, 5.41) is 2.69. The van der Waals surface area contributed by atoms with Gasteiger partial charge in [0.25, 0.3) is 0 Å². The van der Waals surface area contributed by atoms with Crippen molar-refractivity contribution < 1.29 is 49.0 Å². The summed E-state index contributed by atoms with van der Waals surface area (Å²) >= 11 is 1.46.